The first-order chi connectivity index (χ1) is 11.4. The molecule has 9 heteroatoms. The minimum Gasteiger partial charge on any atom is -0.347 e. The van der Waals surface area contributed by atoms with Crippen LogP contribution in [-0.4, -0.2) is 32.7 Å². The van der Waals surface area contributed by atoms with E-state index in [-0.39, 0.29) is 28.1 Å². The standard InChI is InChI=1S/C16H19N3O3S2.ClH/c1-19(2)24(21,22)14-5-6-23-15(14)16(20)18-8-11-3-4-12-9-17-10-13(12)7-11;/h3-7,17H,8-10H2,1-2H3,(H,18,20);1H. The normalized spacial score (nSPS) is 13.4. The van der Waals surface area contributed by atoms with Crippen LogP contribution in [0.5, 0.6) is 0 Å². The fourth-order valence-electron chi connectivity index (χ4n) is 2.58. The molecule has 6 nitrogen and oxygen atoms in total. The van der Waals surface area contributed by atoms with Gasteiger partial charge in [0.25, 0.3) is 5.91 Å². The van der Waals surface area contributed by atoms with Gasteiger partial charge in [0.1, 0.15) is 9.77 Å². The van der Waals surface area contributed by atoms with Gasteiger partial charge in [-0.05, 0) is 28.1 Å². The smallest absolute Gasteiger partial charge is 0.263 e. The summed E-state index contributed by atoms with van der Waals surface area (Å²) in [5.74, 6) is -0.371. The van der Waals surface area contributed by atoms with Crippen LogP contribution in [-0.2, 0) is 29.7 Å². The van der Waals surface area contributed by atoms with Crippen LogP contribution in [0.2, 0.25) is 0 Å². The van der Waals surface area contributed by atoms with Gasteiger partial charge in [-0.25, -0.2) is 12.7 Å². The highest BCUT2D eigenvalue weighted by molar-refractivity contribution is 7.89. The number of hydrogen-bond donors (Lipinski definition) is 2. The van der Waals surface area contributed by atoms with E-state index in [1.165, 1.54) is 31.3 Å². The number of nitrogens with one attached hydrogen (secondary N) is 2. The number of halogens is 1. The van der Waals surface area contributed by atoms with Crippen LogP contribution in [0, 0.1) is 0 Å². The third kappa shape index (κ3) is 4.04. The van der Waals surface area contributed by atoms with Crippen molar-refractivity contribution in [3.05, 3.63) is 51.2 Å². The number of hydrogen-bond acceptors (Lipinski definition) is 5. The van der Waals surface area contributed by atoms with Gasteiger partial charge in [-0.1, -0.05) is 18.2 Å². The van der Waals surface area contributed by atoms with E-state index in [0.717, 1.165) is 34.3 Å². The Morgan fingerprint density at radius 3 is 2.68 bits per heavy atom. The molecule has 2 N–H and O–H groups in total. The third-order valence-electron chi connectivity index (χ3n) is 3.95. The average molecular weight is 402 g/mol. The summed E-state index contributed by atoms with van der Waals surface area (Å²) in [6, 6.07) is 7.58. The van der Waals surface area contributed by atoms with E-state index in [4.69, 9.17) is 0 Å². The molecule has 1 aliphatic rings. The van der Waals surface area contributed by atoms with Crippen LogP contribution >= 0.6 is 23.7 Å². The number of fused-ring (bicyclic) bond motifs is 1. The molecular weight excluding hydrogens is 382 g/mol. The van der Waals surface area contributed by atoms with Crippen LogP contribution in [0.1, 0.15) is 26.4 Å². The van der Waals surface area contributed by atoms with Gasteiger partial charge < -0.3 is 10.6 Å². The molecule has 0 bridgehead atoms. The van der Waals surface area contributed by atoms with Crippen molar-refractivity contribution in [2.45, 2.75) is 24.5 Å². The SMILES string of the molecule is CN(C)S(=O)(=O)c1ccsc1C(=O)NCc1ccc2c(c1)CNC2.Cl. The molecule has 1 aromatic carbocycles. The predicted octanol–water partition coefficient (Wildman–Crippen LogP) is 1.95. The summed E-state index contributed by atoms with van der Waals surface area (Å²) >= 11 is 1.13. The molecule has 0 atom stereocenters. The second kappa shape index (κ2) is 7.84. The molecule has 0 radical (unpaired) electrons. The van der Waals surface area contributed by atoms with E-state index in [2.05, 4.69) is 22.8 Å². The largest absolute Gasteiger partial charge is 0.347 e. The molecule has 25 heavy (non-hydrogen) atoms. The molecule has 0 spiro atoms. The lowest BCUT2D eigenvalue weighted by atomic mass is 10.1. The van der Waals surface area contributed by atoms with E-state index in [1.807, 2.05) is 6.07 Å². The van der Waals surface area contributed by atoms with Crippen molar-refractivity contribution in [1.82, 2.24) is 14.9 Å². The average Bonchev–Trinajstić information content (AvgIpc) is 3.20. The van der Waals surface area contributed by atoms with E-state index < -0.39 is 10.0 Å². The van der Waals surface area contributed by atoms with Crippen LogP contribution in [0.25, 0.3) is 0 Å². The number of thiophene rings is 1. The quantitative estimate of drug-likeness (QED) is 0.802. The Balaban J connectivity index is 0.00000225. The van der Waals surface area contributed by atoms with Crippen molar-refractivity contribution >= 4 is 39.7 Å². The lowest BCUT2D eigenvalue weighted by Gasteiger charge is -2.12. The maximum absolute atomic E-state index is 12.4. The van der Waals surface area contributed by atoms with Gasteiger partial charge in [-0.2, -0.15) is 0 Å². The van der Waals surface area contributed by atoms with Gasteiger partial charge in [0.2, 0.25) is 10.0 Å². The highest BCUT2D eigenvalue weighted by Crippen LogP contribution is 2.24. The number of amides is 1. The number of carbonyl (C=O) groups excluding carboxylic acids is 1. The summed E-state index contributed by atoms with van der Waals surface area (Å²) in [7, 11) is -0.722. The molecular formula is C16H20ClN3O3S2. The first kappa shape index (κ1) is 19.9. The zero-order valence-corrected chi connectivity index (χ0v) is 16.4. The minimum atomic E-state index is -3.63. The highest BCUT2D eigenvalue weighted by Gasteiger charge is 2.25. The number of carbonyl (C=O) groups is 1. The zero-order chi connectivity index (χ0) is 17.3. The van der Waals surface area contributed by atoms with Gasteiger partial charge in [0.05, 0.1) is 0 Å². The highest BCUT2D eigenvalue weighted by atomic mass is 35.5. The monoisotopic (exact) mass is 401 g/mol. The Bertz CT molecular complexity index is 879. The van der Waals surface area contributed by atoms with Gasteiger partial charge >= 0.3 is 0 Å². The Morgan fingerprint density at radius 1 is 1.24 bits per heavy atom. The van der Waals surface area contributed by atoms with Crippen molar-refractivity contribution < 1.29 is 13.2 Å². The number of sulfonamides is 1. The van der Waals surface area contributed by atoms with Crippen molar-refractivity contribution in [3.63, 3.8) is 0 Å². The second-order valence-corrected chi connectivity index (χ2v) is 8.83. The van der Waals surface area contributed by atoms with Gasteiger partial charge in [-0.15, -0.1) is 23.7 Å². The van der Waals surface area contributed by atoms with Crippen molar-refractivity contribution in [2.75, 3.05) is 14.1 Å². The molecule has 2 heterocycles. The molecule has 136 valence electrons. The topological polar surface area (TPSA) is 78.5 Å². The van der Waals surface area contributed by atoms with E-state index in [0.29, 0.717) is 6.54 Å². The molecule has 0 aliphatic carbocycles. The Morgan fingerprint density at radius 2 is 1.96 bits per heavy atom. The molecule has 0 fully saturated rings. The van der Waals surface area contributed by atoms with E-state index >= 15 is 0 Å². The Hall–Kier alpha value is -1.45. The molecule has 3 rings (SSSR count). The first-order valence-electron chi connectivity index (χ1n) is 7.49. The van der Waals surface area contributed by atoms with Crippen molar-refractivity contribution in [3.8, 4) is 0 Å². The fourth-order valence-corrected chi connectivity index (χ4v) is 4.79. The molecule has 1 aromatic heterocycles. The van der Waals surface area contributed by atoms with E-state index in [9.17, 15) is 13.2 Å². The van der Waals surface area contributed by atoms with Crippen molar-refractivity contribution in [2.24, 2.45) is 0 Å². The molecule has 0 saturated heterocycles. The molecule has 1 aliphatic heterocycles. The summed E-state index contributed by atoms with van der Waals surface area (Å²) in [5, 5.41) is 7.71. The summed E-state index contributed by atoms with van der Waals surface area (Å²) < 4.78 is 25.6. The zero-order valence-electron chi connectivity index (χ0n) is 13.9. The Labute approximate surface area is 157 Å². The third-order valence-corrected chi connectivity index (χ3v) is 6.85. The van der Waals surface area contributed by atoms with Gasteiger partial charge in [-0.3, -0.25) is 4.79 Å². The van der Waals surface area contributed by atoms with Crippen LogP contribution in [0.4, 0.5) is 0 Å². The van der Waals surface area contributed by atoms with E-state index in [1.54, 1.807) is 5.38 Å². The predicted molar refractivity (Wildman–Crippen MR) is 101 cm³/mol. The molecule has 0 saturated carbocycles. The maximum Gasteiger partial charge on any atom is 0.263 e. The second-order valence-electron chi connectivity index (χ2n) is 5.79. The van der Waals surface area contributed by atoms with Crippen LogP contribution < -0.4 is 10.6 Å². The van der Waals surface area contributed by atoms with Crippen LogP contribution in [0.15, 0.2) is 34.5 Å². The number of rotatable bonds is 5. The summed E-state index contributed by atoms with van der Waals surface area (Å²) in [4.78, 5) is 12.7. The lowest BCUT2D eigenvalue weighted by Crippen LogP contribution is -2.27. The summed E-state index contributed by atoms with van der Waals surface area (Å²) in [6.45, 7) is 2.08. The molecule has 2 aromatic rings. The first-order valence-corrected chi connectivity index (χ1v) is 9.81. The van der Waals surface area contributed by atoms with Gasteiger partial charge in [0, 0.05) is 33.7 Å². The Kier molecular flexibility index (Phi) is 6.23. The number of benzene rings is 1. The molecule has 1 amide bonds. The summed E-state index contributed by atoms with van der Waals surface area (Å²) in [6.07, 6.45) is 0. The molecule has 0 unspecified atom stereocenters. The maximum atomic E-state index is 12.4. The summed E-state index contributed by atoms with van der Waals surface area (Å²) in [5.41, 5.74) is 3.52. The van der Waals surface area contributed by atoms with Crippen molar-refractivity contribution in [1.29, 1.82) is 0 Å². The van der Waals surface area contributed by atoms with Crippen LogP contribution in [0.3, 0.4) is 0 Å². The number of nitrogens with zero attached hydrogens (tertiary/aromatic N) is 1. The minimum absolute atomic E-state index is 0. The fraction of sp³-hybridized carbons (Fsp3) is 0.312. The lowest BCUT2D eigenvalue weighted by molar-refractivity contribution is 0.0952. The van der Waals surface area contributed by atoms with Gasteiger partial charge in [0.15, 0.2) is 0 Å².